The van der Waals surface area contributed by atoms with Crippen LogP contribution < -0.4 is 5.06 Å². The van der Waals surface area contributed by atoms with E-state index < -0.39 is 18.3 Å². The van der Waals surface area contributed by atoms with Gasteiger partial charge in [-0.15, -0.1) is 0 Å². The van der Waals surface area contributed by atoms with Crippen molar-refractivity contribution < 1.29 is 24.5 Å². The lowest BCUT2D eigenvalue weighted by atomic mass is 10.1. The average molecular weight is 309 g/mol. The van der Waals surface area contributed by atoms with Gasteiger partial charge in [0.05, 0.1) is 18.8 Å². The van der Waals surface area contributed by atoms with Gasteiger partial charge in [-0.2, -0.15) is 0 Å². The van der Waals surface area contributed by atoms with Gasteiger partial charge in [0.25, 0.3) is 0 Å². The second kappa shape index (κ2) is 7.39. The molecule has 1 aromatic carbocycles. The molecule has 6 heteroatoms. The third kappa shape index (κ3) is 3.77. The van der Waals surface area contributed by atoms with Gasteiger partial charge in [0.1, 0.15) is 18.3 Å². The molecule has 2 aliphatic heterocycles. The zero-order valence-electron chi connectivity index (χ0n) is 12.5. The molecular weight excluding hydrogens is 286 g/mol. The number of β-amino-alcohol motifs (C(OH)–C–C–N with tert-alkyl or cyclic N) is 1. The normalized spacial score (nSPS) is 32.9. The van der Waals surface area contributed by atoms with Gasteiger partial charge in [0, 0.05) is 6.61 Å². The standard InChI is InChI=1S/C16H23NO5/c18-13-10-17(12-6-2-1-3-7-12)22-14(16(13)19)11-21-15-8-4-5-9-20-15/h1-3,6-7,13-16,18-19H,4-5,8-11H2/t13-,14-,15?,16-/m0/s1. The molecule has 122 valence electrons. The lowest BCUT2D eigenvalue weighted by molar-refractivity contribution is -0.209. The highest BCUT2D eigenvalue weighted by Gasteiger charge is 2.37. The van der Waals surface area contributed by atoms with Crippen LogP contribution in [0.15, 0.2) is 30.3 Å². The highest BCUT2D eigenvalue weighted by atomic mass is 16.7. The Morgan fingerprint density at radius 3 is 2.73 bits per heavy atom. The predicted octanol–water partition coefficient (Wildman–Crippen LogP) is 1.07. The maximum atomic E-state index is 10.1. The largest absolute Gasteiger partial charge is 0.388 e. The van der Waals surface area contributed by atoms with Crippen molar-refractivity contribution in [3.63, 3.8) is 0 Å². The first kappa shape index (κ1) is 15.7. The number of aliphatic hydroxyl groups excluding tert-OH is 2. The van der Waals surface area contributed by atoms with Crippen LogP contribution in [0.2, 0.25) is 0 Å². The van der Waals surface area contributed by atoms with Crippen molar-refractivity contribution in [2.75, 3.05) is 24.8 Å². The summed E-state index contributed by atoms with van der Waals surface area (Å²) in [4.78, 5) is 5.79. The van der Waals surface area contributed by atoms with E-state index in [0.717, 1.165) is 24.9 Å². The number of rotatable bonds is 4. The molecule has 2 aliphatic rings. The minimum absolute atomic E-state index is 0.187. The van der Waals surface area contributed by atoms with E-state index in [-0.39, 0.29) is 19.4 Å². The fourth-order valence-electron chi connectivity index (χ4n) is 2.73. The van der Waals surface area contributed by atoms with Crippen molar-refractivity contribution in [1.82, 2.24) is 0 Å². The van der Waals surface area contributed by atoms with Crippen molar-refractivity contribution in [2.45, 2.75) is 43.9 Å². The number of anilines is 1. The molecule has 3 rings (SSSR count). The monoisotopic (exact) mass is 309 g/mol. The Morgan fingerprint density at radius 2 is 2.00 bits per heavy atom. The Hall–Kier alpha value is -1.18. The highest BCUT2D eigenvalue weighted by molar-refractivity contribution is 5.43. The Kier molecular flexibility index (Phi) is 5.28. The Balaban J connectivity index is 1.59. The van der Waals surface area contributed by atoms with E-state index in [4.69, 9.17) is 14.3 Å². The maximum Gasteiger partial charge on any atom is 0.157 e. The van der Waals surface area contributed by atoms with E-state index in [9.17, 15) is 10.2 Å². The Bertz CT molecular complexity index is 451. The number of hydrogen-bond donors (Lipinski definition) is 2. The van der Waals surface area contributed by atoms with Crippen LogP contribution >= 0.6 is 0 Å². The Labute approximate surface area is 130 Å². The van der Waals surface area contributed by atoms with Crippen LogP contribution in [0.25, 0.3) is 0 Å². The van der Waals surface area contributed by atoms with Gasteiger partial charge in [-0.3, -0.25) is 9.90 Å². The minimum atomic E-state index is -0.969. The summed E-state index contributed by atoms with van der Waals surface area (Å²) in [6, 6.07) is 9.51. The highest BCUT2D eigenvalue weighted by Crippen LogP contribution is 2.23. The number of hydroxylamine groups is 1. The minimum Gasteiger partial charge on any atom is -0.388 e. The molecule has 2 fully saturated rings. The van der Waals surface area contributed by atoms with Gasteiger partial charge in [-0.1, -0.05) is 18.2 Å². The number of hydrogen-bond acceptors (Lipinski definition) is 6. The van der Waals surface area contributed by atoms with E-state index in [2.05, 4.69) is 0 Å². The predicted molar refractivity (Wildman–Crippen MR) is 80.2 cm³/mol. The smallest absolute Gasteiger partial charge is 0.157 e. The first-order chi connectivity index (χ1) is 10.7. The van der Waals surface area contributed by atoms with Gasteiger partial charge in [0.2, 0.25) is 0 Å². The molecule has 0 saturated carbocycles. The van der Waals surface area contributed by atoms with Crippen LogP contribution in [0.5, 0.6) is 0 Å². The van der Waals surface area contributed by atoms with Gasteiger partial charge in [0.15, 0.2) is 6.29 Å². The molecule has 0 bridgehead atoms. The summed E-state index contributed by atoms with van der Waals surface area (Å²) in [5, 5.41) is 21.8. The van der Waals surface area contributed by atoms with Gasteiger partial charge in [-0.05, 0) is 31.4 Å². The number of benzene rings is 1. The second-order valence-electron chi connectivity index (χ2n) is 5.73. The number of aliphatic hydroxyl groups is 2. The molecule has 4 atom stereocenters. The molecule has 0 aliphatic carbocycles. The molecule has 6 nitrogen and oxygen atoms in total. The second-order valence-corrected chi connectivity index (χ2v) is 5.73. The first-order valence-corrected chi connectivity index (χ1v) is 7.83. The Morgan fingerprint density at radius 1 is 1.18 bits per heavy atom. The van der Waals surface area contributed by atoms with E-state index >= 15 is 0 Å². The van der Waals surface area contributed by atoms with Gasteiger partial charge < -0.3 is 19.7 Å². The topological polar surface area (TPSA) is 71.4 Å². The summed E-state index contributed by atoms with van der Waals surface area (Å²) in [6.45, 7) is 1.12. The fraction of sp³-hybridized carbons (Fsp3) is 0.625. The molecule has 2 heterocycles. The van der Waals surface area contributed by atoms with Crippen molar-refractivity contribution in [3.05, 3.63) is 30.3 Å². The van der Waals surface area contributed by atoms with Crippen LogP contribution in [-0.2, 0) is 14.3 Å². The third-order valence-electron chi connectivity index (χ3n) is 4.02. The van der Waals surface area contributed by atoms with E-state index in [1.54, 1.807) is 5.06 Å². The number of nitrogens with zero attached hydrogens (tertiary/aromatic N) is 1. The van der Waals surface area contributed by atoms with E-state index in [1.165, 1.54) is 0 Å². The quantitative estimate of drug-likeness (QED) is 0.867. The summed E-state index contributed by atoms with van der Waals surface area (Å²) < 4.78 is 11.2. The van der Waals surface area contributed by atoms with E-state index in [1.807, 2.05) is 30.3 Å². The average Bonchev–Trinajstić information content (AvgIpc) is 2.58. The van der Waals surface area contributed by atoms with Crippen molar-refractivity contribution in [3.8, 4) is 0 Å². The zero-order chi connectivity index (χ0) is 15.4. The molecule has 0 aromatic heterocycles. The first-order valence-electron chi connectivity index (χ1n) is 7.83. The van der Waals surface area contributed by atoms with Crippen LogP contribution in [0.1, 0.15) is 19.3 Å². The summed E-state index contributed by atoms with van der Waals surface area (Å²) in [6.07, 6.45) is 0.287. The molecule has 1 unspecified atom stereocenters. The van der Waals surface area contributed by atoms with E-state index in [0.29, 0.717) is 6.61 Å². The number of para-hydroxylation sites is 1. The molecule has 0 radical (unpaired) electrons. The van der Waals surface area contributed by atoms with Crippen LogP contribution in [0.4, 0.5) is 5.69 Å². The van der Waals surface area contributed by atoms with Crippen LogP contribution in [0, 0.1) is 0 Å². The lowest BCUT2D eigenvalue weighted by Gasteiger charge is -2.40. The number of ether oxygens (including phenoxy) is 2. The molecular formula is C16H23NO5. The van der Waals surface area contributed by atoms with Crippen molar-refractivity contribution in [1.29, 1.82) is 0 Å². The van der Waals surface area contributed by atoms with Crippen molar-refractivity contribution in [2.24, 2.45) is 0 Å². The van der Waals surface area contributed by atoms with Crippen LogP contribution in [-0.4, -0.2) is 54.6 Å². The molecule has 0 spiro atoms. The van der Waals surface area contributed by atoms with Crippen molar-refractivity contribution >= 4 is 5.69 Å². The summed E-state index contributed by atoms with van der Waals surface area (Å²) in [5.74, 6) is 0. The maximum absolute atomic E-state index is 10.1. The molecule has 2 saturated heterocycles. The summed E-state index contributed by atoms with van der Waals surface area (Å²) >= 11 is 0. The molecule has 1 aromatic rings. The molecule has 0 amide bonds. The molecule has 2 N–H and O–H groups in total. The lowest BCUT2D eigenvalue weighted by Crippen LogP contribution is -2.56. The van der Waals surface area contributed by atoms with Gasteiger partial charge in [-0.25, -0.2) is 0 Å². The van der Waals surface area contributed by atoms with Gasteiger partial charge >= 0.3 is 0 Å². The summed E-state index contributed by atoms with van der Waals surface area (Å²) in [7, 11) is 0. The zero-order valence-corrected chi connectivity index (χ0v) is 12.5. The molecule has 22 heavy (non-hydrogen) atoms. The van der Waals surface area contributed by atoms with Crippen LogP contribution in [0.3, 0.4) is 0 Å². The fourth-order valence-corrected chi connectivity index (χ4v) is 2.73. The summed E-state index contributed by atoms with van der Waals surface area (Å²) in [5.41, 5.74) is 0.840. The third-order valence-corrected chi connectivity index (χ3v) is 4.02. The SMILES string of the molecule is O[C@@H]1[C@H](COC2CCCCO2)ON(c2ccccc2)C[C@@H]1O.